The van der Waals surface area contributed by atoms with E-state index in [0.29, 0.717) is 23.7 Å². The van der Waals surface area contributed by atoms with Gasteiger partial charge in [0.15, 0.2) is 0 Å². The Morgan fingerprint density at radius 1 is 0.971 bits per heavy atom. The highest BCUT2D eigenvalue weighted by molar-refractivity contribution is 5.87. The second kappa shape index (κ2) is 9.26. The Labute approximate surface area is 210 Å². The lowest BCUT2D eigenvalue weighted by Crippen LogP contribution is -2.47. The van der Waals surface area contributed by atoms with Crippen molar-refractivity contribution in [3.63, 3.8) is 0 Å². The Morgan fingerprint density at radius 2 is 1.74 bits per heavy atom. The summed E-state index contributed by atoms with van der Waals surface area (Å²) in [6, 6.07) is 9.85. The number of anilines is 1. The highest BCUT2D eigenvalue weighted by Gasteiger charge is 2.40. The summed E-state index contributed by atoms with van der Waals surface area (Å²) in [7, 11) is 1.90. The number of nitriles is 1. The molecule has 6 heterocycles. The molecule has 0 radical (unpaired) electrons. The monoisotopic (exact) mass is 496 g/mol. The minimum Gasteiger partial charge on any atom is -0.351 e. The summed E-state index contributed by atoms with van der Waals surface area (Å²) in [5.41, 5.74) is 11.5. The summed E-state index contributed by atoms with van der Waals surface area (Å²) in [4.78, 5) is 7.32. The van der Waals surface area contributed by atoms with Crippen LogP contribution in [0.3, 0.4) is 0 Å². The maximum absolute atomic E-state index is 9.64. The molecule has 4 aromatic heterocycles. The number of aromatic nitrogens is 5. The fraction of sp³-hybridized carbons (Fsp3) is 0.333. The van der Waals surface area contributed by atoms with E-state index in [9.17, 15) is 5.26 Å². The van der Waals surface area contributed by atoms with Crippen molar-refractivity contribution in [3.05, 3.63) is 54.7 Å². The molecule has 2 saturated heterocycles. The van der Waals surface area contributed by atoms with Gasteiger partial charge in [-0.25, -0.2) is 9.50 Å². The van der Waals surface area contributed by atoms with Crippen molar-refractivity contribution in [2.45, 2.75) is 43.8 Å². The topological polar surface area (TPSA) is 101 Å². The minimum absolute atomic E-state index is 0. The van der Waals surface area contributed by atoms with E-state index in [-0.39, 0.29) is 24.8 Å². The molecule has 0 aromatic carbocycles. The van der Waals surface area contributed by atoms with Crippen molar-refractivity contribution in [2.24, 2.45) is 12.8 Å². The van der Waals surface area contributed by atoms with Gasteiger partial charge in [-0.2, -0.15) is 15.5 Å². The smallest absolute Gasteiger partial charge is 0.129 e. The SMILES string of the molecule is Cl.Cl.Cn1cc(-c2cc(-c3ccc(N4[C@@H]5CC[C@H]4CC(N)C5)nc3)c3c(C#N)cnn3c2)cn1. The number of piperidine rings is 1. The molecule has 2 bridgehead atoms. The van der Waals surface area contributed by atoms with Crippen LogP contribution in [0.25, 0.3) is 27.8 Å². The van der Waals surface area contributed by atoms with Gasteiger partial charge in [0.2, 0.25) is 0 Å². The van der Waals surface area contributed by atoms with Crippen molar-refractivity contribution in [1.82, 2.24) is 24.4 Å². The van der Waals surface area contributed by atoms with Crippen molar-refractivity contribution >= 4 is 36.1 Å². The summed E-state index contributed by atoms with van der Waals surface area (Å²) in [5.74, 6) is 1.02. The third kappa shape index (κ3) is 3.90. The normalized spacial score (nSPS) is 21.1. The first-order valence-corrected chi connectivity index (χ1v) is 11.0. The van der Waals surface area contributed by atoms with Gasteiger partial charge in [-0.05, 0) is 43.9 Å². The van der Waals surface area contributed by atoms with Crippen LogP contribution in [0.4, 0.5) is 5.82 Å². The quantitative estimate of drug-likeness (QED) is 0.460. The number of hydrogen-bond acceptors (Lipinski definition) is 6. The zero-order chi connectivity index (χ0) is 21.8. The van der Waals surface area contributed by atoms with Crippen LogP contribution in [0.1, 0.15) is 31.2 Å². The van der Waals surface area contributed by atoms with Gasteiger partial charge in [0, 0.05) is 66.0 Å². The van der Waals surface area contributed by atoms with Crippen LogP contribution in [-0.4, -0.2) is 42.5 Å². The highest BCUT2D eigenvalue weighted by atomic mass is 35.5. The number of aryl methyl sites for hydroxylation is 1. The number of fused-ring (bicyclic) bond motifs is 3. The minimum atomic E-state index is 0. The molecule has 6 rings (SSSR count). The predicted molar refractivity (Wildman–Crippen MR) is 136 cm³/mol. The second-order valence-electron chi connectivity index (χ2n) is 8.94. The molecule has 10 heteroatoms. The van der Waals surface area contributed by atoms with Gasteiger partial charge in [0.1, 0.15) is 11.9 Å². The molecule has 2 fully saturated rings. The molecule has 0 amide bonds. The molecule has 0 saturated carbocycles. The molecule has 176 valence electrons. The first-order valence-electron chi connectivity index (χ1n) is 11.0. The second-order valence-corrected chi connectivity index (χ2v) is 8.94. The molecule has 1 unspecified atom stereocenters. The van der Waals surface area contributed by atoms with E-state index in [2.05, 4.69) is 39.4 Å². The fourth-order valence-corrected chi connectivity index (χ4v) is 5.44. The Bertz CT molecular complexity index is 1340. The van der Waals surface area contributed by atoms with E-state index in [1.807, 2.05) is 31.8 Å². The molecule has 2 N–H and O–H groups in total. The Balaban J connectivity index is 0.00000137. The van der Waals surface area contributed by atoms with Gasteiger partial charge >= 0.3 is 0 Å². The van der Waals surface area contributed by atoms with Crippen molar-refractivity contribution in [3.8, 4) is 28.3 Å². The van der Waals surface area contributed by atoms with E-state index in [1.165, 1.54) is 12.8 Å². The van der Waals surface area contributed by atoms with Crippen LogP contribution in [0.15, 0.2) is 49.2 Å². The maximum atomic E-state index is 9.64. The van der Waals surface area contributed by atoms with Crippen LogP contribution in [0, 0.1) is 11.3 Å². The predicted octanol–water partition coefficient (Wildman–Crippen LogP) is 3.97. The van der Waals surface area contributed by atoms with Crippen LogP contribution in [0.2, 0.25) is 0 Å². The molecule has 34 heavy (non-hydrogen) atoms. The number of hydrogen-bond donors (Lipinski definition) is 1. The van der Waals surface area contributed by atoms with Crippen molar-refractivity contribution in [1.29, 1.82) is 5.26 Å². The van der Waals surface area contributed by atoms with E-state index in [1.54, 1.807) is 15.4 Å². The van der Waals surface area contributed by atoms with Gasteiger partial charge in [-0.15, -0.1) is 24.8 Å². The van der Waals surface area contributed by atoms with E-state index < -0.39 is 0 Å². The third-order valence-electron chi connectivity index (χ3n) is 6.86. The number of nitrogens with two attached hydrogens (primary N) is 1. The zero-order valence-electron chi connectivity index (χ0n) is 18.7. The first-order chi connectivity index (χ1) is 15.6. The third-order valence-corrected chi connectivity index (χ3v) is 6.86. The van der Waals surface area contributed by atoms with Gasteiger partial charge in [0.05, 0.1) is 23.5 Å². The van der Waals surface area contributed by atoms with Crippen LogP contribution in [-0.2, 0) is 7.05 Å². The molecular weight excluding hydrogens is 471 g/mol. The summed E-state index contributed by atoms with van der Waals surface area (Å²) in [5, 5.41) is 18.4. The fourth-order valence-electron chi connectivity index (χ4n) is 5.44. The van der Waals surface area contributed by atoms with Gasteiger partial charge in [-0.1, -0.05) is 0 Å². The van der Waals surface area contributed by atoms with Gasteiger partial charge < -0.3 is 10.6 Å². The standard InChI is InChI=1S/C24H24N8.2ClH/c1-30-13-18(12-28-30)16-6-22(24-17(9-25)11-29-31(24)14-16)15-2-5-23(27-10-15)32-20-3-4-21(32)8-19(26)7-20;;/h2,5-6,10-14,19-21H,3-4,7-8,26H2,1H3;2*1H/t19?,20-,21+;;. The maximum Gasteiger partial charge on any atom is 0.129 e. The van der Waals surface area contributed by atoms with E-state index in [0.717, 1.165) is 46.4 Å². The molecule has 4 aromatic rings. The van der Waals surface area contributed by atoms with Crippen LogP contribution < -0.4 is 10.6 Å². The average molecular weight is 497 g/mol. The number of nitrogens with zero attached hydrogens (tertiary/aromatic N) is 7. The molecule has 2 aliphatic heterocycles. The lowest BCUT2D eigenvalue weighted by atomic mass is 9.98. The highest BCUT2D eigenvalue weighted by Crippen LogP contribution is 2.39. The number of rotatable bonds is 3. The van der Waals surface area contributed by atoms with Gasteiger partial charge in [0.25, 0.3) is 0 Å². The Kier molecular flexibility index (Phi) is 6.54. The summed E-state index contributed by atoms with van der Waals surface area (Å²) in [6.45, 7) is 0. The molecular formula is C24H26Cl2N8. The van der Waals surface area contributed by atoms with E-state index in [4.69, 9.17) is 10.7 Å². The van der Waals surface area contributed by atoms with Crippen molar-refractivity contribution in [2.75, 3.05) is 4.90 Å². The lowest BCUT2D eigenvalue weighted by Gasteiger charge is -2.38. The van der Waals surface area contributed by atoms with Gasteiger partial charge in [-0.3, -0.25) is 4.68 Å². The molecule has 3 atom stereocenters. The van der Waals surface area contributed by atoms with Crippen LogP contribution >= 0.6 is 24.8 Å². The summed E-state index contributed by atoms with van der Waals surface area (Å²) >= 11 is 0. The molecule has 0 spiro atoms. The number of halogens is 2. The first kappa shape index (κ1) is 24.0. The molecule has 2 aliphatic rings. The number of pyridine rings is 2. The largest absolute Gasteiger partial charge is 0.351 e. The average Bonchev–Trinajstić information content (AvgIpc) is 3.49. The Morgan fingerprint density at radius 3 is 2.35 bits per heavy atom. The summed E-state index contributed by atoms with van der Waals surface area (Å²) in [6.07, 6.45) is 13.7. The lowest BCUT2D eigenvalue weighted by molar-refractivity contribution is 0.412. The van der Waals surface area contributed by atoms with Crippen molar-refractivity contribution < 1.29 is 0 Å². The molecule has 0 aliphatic carbocycles. The summed E-state index contributed by atoms with van der Waals surface area (Å²) < 4.78 is 3.55. The zero-order valence-corrected chi connectivity index (χ0v) is 20.3. The van der Waals surface area contributed by atoms with E-state index >= 15 is 0 Å². The Hall–Kier alpha value is -3.12. The van der Waals surface area contributed by atoms with Crippen LogP contribution in [0.5, 0.6) is 0 Å². The molecule has 8 nitrogen and oxygen atoms in total.